The summed E-state index contributed by atoms with van der Waals surface area (Å²) in [5.41, 5.74) is -0.303. The monoisotopic (exact) mass is 252 g/mol. The highest BCUT2D eigenvalue weighted by Gasteiger charge is 2.17. The van der Waals surface area contributed by atoms with Crippen LogP contribution >= 0.6 is 11.8 Å². The molecular formula is C11H16N4OS. The highest BCUT2D eigenvalue weighted by atomic mass is 32.2. The van der Waals surface area contributed by atoms with Gasteiger partial charge in [-0.25, -0.2) is 0 Å². The minimum Gasteiger partial charge on any atom is -0.347 e. The normalized spacial score (nSPS) is 16.1. The highest BCUT2D eigenvalue weighted by molar-refractivity contribution is 8.14. The largest absolute Gasteiger partial charge is 0.347 e. The third-order valence-electron chi connectivity index (χ3n) is 1.78. The van der Waals surface area contributed by atoms with Crippen LogP contribution < -0.4 is 10.6 Å². The van der Waals surface area contributed by atoms with Crippen molar-refractivity contribution in [3.05, 3.63) is 11.8 Å². The number of thioether (sulfide) groups is 1. The van der Waals surface area contributed by atoms with Crippen molar-refractivity contribution < 1.29 is 4.79 Å². The van der Waals surface area contributed by atoms with Gasteiger partial charge >= 0.3 is 0 Å². The molecule has 0 fully saturated rings. The fraction of sp³-hybridized carbons (Fsp3) is 0.545. The average Bonchev–Trinajstić information content (AvgIpc) is 2.68. The summed E-state index contributed by atoms with van der Waals surface area (Å²) in [6.45, 7) is 6.37. The van der Waals surface area contributed by atoms with Crippen LogP contribution in [0.15, 0.2) is 16.8 Å². The first kappa shape index (κ1) is 13.6. The Hall–Kier alpha value is -1.48. The Morgan fingerprint density at radius 1 is 1.59 bits per heavy atom. The molecule has 5 nitrogen and oxygen atoms in total. The molecule has 2 N–H and O–H groups in total. The van der Waals surface area contributed by atoms with E-state index in [0.717, 1.165) is 17.5 Å². The number of carbonyl (C=O) groups excluding carboxylic acids is 1. The maximum absolute atomic E-state index is 11.7. The molecule has 17 heavy (non-hydrogen) atoms. The number of hydrogen-bond acceptors (Lipinski definition) is 5. The number of aliphatic imine (C=N–C) groups is 1. The van der Waals surface area contributed by atoms with Crippen molar-refractivity contribution in [2.45, 2.75) is 26.3 Å². The van der Waals surface area contributed by atoms with Gasteiger partial charge in [-0.1, -0.05) is 11.8 Å². The molecule has 6 heteroatoms. The van der Waals surface area contributed by atoms with Crippen LogP contribution in [0.1, 0.15) is 20.8 Å². The van der Waals surface area contributed by atoms with Gasteiger partial charge in [0.1, 0.15) is 11.6 Å². The first-order valence-electron chi connectivity index (χ1n) is 5.29. The molecule has 1 amide bonds. The average molecular weight is 252 g/mol. The van der Waals surface area contributed by atoms with Crippen molar-refractivity contribution >= 4 is 22.8 Å². The quantitative estimate of drug-likeness (QED) is 0.568. The van der Waals surface area contributed by atoms with Crippen LogP contribution in [0.2, 0.25) is 0 Å². The molecule has 1 aliphatic rings. The van der Waals surface area contributed by atoms with E-state index in [1.54, 1.807) is 11.8 Å². The Labute approximate surface area is 105 Å². The lowest BCUT2D eigenvalue weighted by molar-refractivity contribution is -0.118. The number of nitriles is 1. The van der Waals surface area contributed by atoms with E-state index in [4.69, 9.17) is 5.26 Å². The second-order valence-electron chi connectivity index (χ2n) is 4.55. The first-order chi connectivity index (χ1) is 7.92. The van der Waals surface area contributed by atoms with Gasteiger partial charge in [0.25, 0.3) is 5.91 Å². The van der Waals surface area contributed by atoms with Crippen LogP contribution in [0, 0.1) is 11.3 Å². The van der Waals surface area contributed by atoms with Crippen molar-refractivity contribution in [2.75, 3.05) is 12.3 Å². The van der Waals surface area contributed by atoms with Gasteiger partial charge in [0.05, 0.1) is 6.54 Å². The third-order valence-corrected chi connectivity index (χ3v) is 2.69. The number of rotatable bonds is 2. The maximum Gasteiger partial charge on any atom is 0.263 e. The summed E-state index contributed by atoms with van der Waals surface area (Å²) in [5.74, 6) is 0.558. The van der Waals surface area contributed by atoms with Crippen LogP contribution in [-0.2, 0) is 4.79 Å². The molecule has 0 spiro atoms. The fourth-order valence-corrected chi connectivity index (χ4v) is 1.81. The lowest BCUT2D eigenvalue weighted by Gasteiger charge is -2.19. The molecule has 1 rings (SSSR count). The highest BCUT2D eigenvalue weighted by Crippen LogP contribution is 2.09. The van der Waals surface area contributed by atoms with E-state index in [-0.39, 0.29) is 17.0 Å². The van der Waals surface area contributed by atoms with Crippen LogP contribution in [0.25, 0.3) is 0 Å². The molecule has 0 aromatic rings. The van der Waals surface area contributed by atoms with E-state index >= 15 is 0 Å². The molecule has 0 saturated heterocycles. The van der Waals surface area contributed by atoms with Crippen LogP contribution in [0.5, 0.6) is 0 Å². The number of hydrogen-bond donors (Lipinski definition) is 2. The van der Waals surface area contributed by atoms with Gasteiger partial charge in [-0.3, -0.25) is 9.79 Å². The second kappa shape index (κ2) is 5.73. The molecule has 1 aliphatic heterocycles. The third kappa shape index (κ3) is 4.91. The molecular weight excluding hydrogens is 236 g/mol. The summed E-state index contributed by atoms with van der Waals surface area (Å²) in [4.78, 5) is 15.9. The fourth-order valence-electron chi connectivity index (χ4n) is 1.11. The molecule has 0 bridgehead atoms. The van der Waals surface area contributed by atoms with Crippen molar-refractivity contribution in [1.82, 2.24) is 10.6 Å². The van der Waals surface area contributed by atoms with E-state index in [1.165, 1.54) is 6.20 Å². The number of carbonyl (C=O) groups is 1. The summed E-state index contributed by atoms with van der Waals surface area (Å²) in [6, 6.07) is 1.87. The number of amidine groups is 1. The minimum atomic E-state index is -0.379. The van der Waals surface area contributed by atoms with E-state index in [1.807, 2.05) is 26.8 Å². The Morgan fingerprint density at radius 3 is 2.76 bits per heavy atom. The number of nitrogens with zero attached hydrogens (tertiary/aromatic N) is 2. The van der Waals surface area contributed by atoms with Crippen LogP contribution in [-0.4, -0.2) is 28.9 Å². The topological polar surface area (TPSA) is 77.3 Å². The lowest BCUT2D eigenvalue weighted by atomic mass is 10.1. The molecule has 0 saturated carbocycles. The van der Waals surface area contributed by atoms with Crippen molar-refractivity contribution in [1.29, 1.82) is 5.26 Å². The summed E-state index contributed by atoms with van der Waals surface area (Å²) in [7, 11) is 0. The van der Waals surface area contributed by atoms with Gasteiger partial charge in [-0.05, 0) is 20.8 Å². The Kier molecular flexibility index (Phi) is 4.58. The van der Waals surface area contributed by atoms with Gasteiger partial charge in [-0.15, -0.1) is 0 Å². The Bertz CT molecular complexity index is 401. The first-order valence-corrected chi connectivity index (χ1v) is 6.27. The predicted octanol–water partition coefficient (Wildman–Crippen LogP) is 1.00. The van der Waals surface area contributed by atoms with Crippen LogP contribution in [0.4, 0.5) is 0 Å². The van der Waals surface area contributed by atoms with Crippen molar-refractivity contribution in [3.63, 3.8) is 0 Å². The Balaban J connectivity index is 2.61. The molecule has 0 aromatic heterocycles. The van der Waals surface area contributed by atoms with Crippen molar-refractivity contribution in [3.8, 4) is 6.07 Å². The zero-order valence-corrected chi connectivity index (χ0v) is 11.0. The lowest BCUT2D eigenvalue weighted by Crippen LogP contribution is -2.41. The predicted molar refractivity (Wildman–Crippen MR) is 69.5 cm³/mol. The summed E-state index contributed by atoms with van der Waals surface area (Å²) in [5, 5.41) is 15.2. The molecule has 92 valence electrons. The van der Waals surface area contributed by atoms with Gasteiger partial charge in [0.15, 0.2) is 5.17 Å². The van der Waals surface area contributed by atoms with Gasteiger partial charge in [-0.2, -0.15) is 5.26 Å². The van der Waals surface area contributed by atoms with Gasteiger partial charge in [0.2, 0.25) is 0 Å². The SMILES string of the molecule is CC(C)(C)NC(=O)/C(C#N)=C\NC1=NCCS1. The summed E-state index contributed by atoms with van der Waals surface area (Å²) in [6.07, 6.45) is 1.40. The number of nitrogens with one attached hydrogen (secondary N) is 2. The zero-order chi connectivity index (χ0) is 12.9. The smallest absolute Gasteiger partial charge is 0.263 e. The number of amides is 1. The molecule has 0 atom stereocenters. The molecule has 0 radical (unpaired) electrons. The minimum absolute atomic E-state index is 0.0510. The summed E-state index contributed by atoms with van der Waals surface area (Å²) >= 11 is 1.57. The summed E-state index contributed by atoms with van der Waals surface area (Å²) < 4.78 is 0. The van der Waals surface area contributed by atoms with Gasteiger partial charge in [0, 0.05) is 17.5 Å². The van der Waals surface area contributed by atoms with E-state index in [9.17, 15) is 4.79 Å². The maximum atomic E-state index is 11.7. The second-order valence-corrected chi connectivity index (χ2v) is 5.64. The molecule has 0 unspecified atom stereocenters. The van der Waals surface area contributed by atoms with E-state index in [2.05, 4.69) is 15.6 Å². The molecule has 1 heterocycles. The molecule has 0 aromatic carbocycles. The van der Waals surface area contributed by atoms with E-state index < -0.39 is 0 Å². The van der Waals surface area contributed by atoms with Gasteiger partial charge < -0.3 is 10.6 Å². The molecule has 0 aliphatic carbocycles. The zero-order valence-electron chi connectivity index (χ0n) is 10.2. The van der Waals surface area contributed by atoms with E-state index in [0.29, 0.717) is 0 Å². The Morgan fingerprint density at radius 2 is 2.29 bits per heavy atom. The standard InChI is InChI=1S/C11H16N4OS/c1-11(2,3)15-9(16)8(6-12)7-14-10-13-4-5-17-10/h7H,4-5H2,1-3H3,(H,13,14)(H,15,16)/b8-7-. The van der Waals surface area contributed by atoms with Crippen molar-refractivity contribution in [2.24, 2.45) is 4.99 Å². The van der Waals surface area contributed by atoms with Crippen LogP contribution in [0.3, 0.4) is 0 Å².